The van der Waals surface area contributed by atoms with Crippen molar-refractivity contribution in [3.05, 3.63) is 30.1 Å². The van der Waals surface area contributed by atoms with E-state index in [1.165, 1.54) is 12.1 Å². The highest BCUT2D eigenvalue weighted by atomic mass is 19.1. The van der Waals surface area contributed by atoms with Gasteiger partial charge in [-0.15, -0.1) is 0 Å². The third-order valence-electron chi connectivity index (χ3n) is 4.71. The molecule has 1 atom stereocenters. The number of aliphatic hydroxyl groups excluding tert-OH is 1. The highest BCUT2D eigenvalue weighted by Gasteiger charge is 2.52. The SMILES string of the molecule is O=C1CC2(CCCC2)C(=O)N1C[C@H](O)COc1ccccc1F. The Morgan fingerprint density at radius 3 is 2.65 bits per heavy atom. The zero-order valence-electron chi connectivity index (χ0n) is 12.8. The lowest BCUT2D eigenvalue weighted by molar-refractivity contribution is -0.143. The molecule has 2 fully saturated rings. The van der Waals surface area contributed by atoms with Gasteiger partial charge in [-0.25, -0.2) is 4.39 Å². The molecule has 2 aliphatic rings. The van der Waals surface area contributed by atoms with E-state index >= 15 is 0 Å². The van der Waals surface area contributed by atoms with Crippen LogP contribution in [0.2, 0.25) is 0 Å². The van der Waals surface area contributed by atoms with Crippen LogP contribution < -0.4 is 4.74 Å². The van der Waals surface area contributed by atoms with Crippen molar-refractivity contribution < 1.29 is 23.8 Å². The minimum absolute atomic E-state index is 0.0397. The number of aliphatic hydroxyl groups is 1. The molecule has 1 spiro atoms. The summed E-state index contributed by atoms with van der Waals surface area (Å²) in [6, 6.07) is 5.89. The van der Waals surface area contributed by atoms with Gasteiger partial charge in [-0.05, 0) is 25.0 Å². The maximum atomic E-state index is 13.4. The molecule has 1 saturated carbocycles. The molecule has 5 nitrogen and oxygen atoms in total. The summed E-state index contributed by atoms with van der Waals surface area (Å²) < 4.78 is 18.7. The Hall–Kier alpha value is -1.95. The molecule has 1 saturated heterocycles. The lowest BCUT2D eigenvalue weighted by atomic mass is 9.84. The fraction of sp³-hybridized carbons (Fsp3) is 0.529. The molecular formula is C17H20FNO4. The highest BCUT2D eigenvalue weighted by Crippen LogP contribution is 2.46. The van der Waals surface area contributed by atoms with Crippen molar-refractivity contribution in [1.29, 1.82) is 0 Å². The maximum Gasteiger partial charge on any atom is 0.235 e. The number of nitrogens with zero attached hydrogens (tertiary/aromatic N) is 1. The van der Waals surface area contributed by atoms with Gasteiger partial charge in [0, 0.05) is 6.42 Å². The minimum atomic E-state index is -1.04. The number of likely N-dealkylation sites (tertiary alicyclic amines) is 1. The predicted octanol–water partition coefficient (Wildman–Crippen LogP) is 1.88. The molecule has 1 aliphatic carbocycles. The van der Waals surface area contributed by atoms with Crippen LogP contribution in [-0.2, 0) is 9.59 Å². The Morgan fingerprint density at radius 1 is 1.26 bits per heavy atom. The molecule has 1 aliphatic heterocycles. The molecule has 6 heteroatoms. The second kappa shape index (κ2) is 6.28. The second-order valence-corrected chi connectivity index (χ2v) is 6.37. The van der Waals surface area contributed by atoms with Crippen molar-refractivity contribution in [3.63, 3.8) is 0 Å². The topological polar surface area (TPSA) is 66.8 Å². The summed E-state index contributed by atoms with van der Waals surface area (Å²) in [4.78, 5) is 25.7. The third-order valence-corrected chi connectivity index (χ3v) is 4.71. The number of benzene rings is 1. The number of β-amino-alcohol motifs (C(OH)–C–C–N with tert-alkyl or cyclic N) is 1. The highest BCUT2D eigenvalue weighted by molar-refractivity contribution is 6.06. The molecule has 0 bridgehead atoms. The van der Waals surface area contributed by atoms with Crippen LogP contribution >= 0.6 is 0 Å². The summed E-state index contributed by atoms with van der Waals surface area (Å²) in [7, 11) is 0. The first-order chi connectivity index (χ1) is 11.0. The van der Waals surface area contributed by atoms with Gasteiger partial charge in [0.1, 0.15) is 12.7 Å². The van der Waals surface area contributed by atoms with Gasteiger partial charge in [0.25, 0.3) is 0 Å². The number of ether oxygens (including phenoxy) is 1. The monoisotopic (exact) mass is 321 g/mol. The van der Waals surface area contributed by atoms with Gasteiger partial charge >= 0.3 is 0 Å². The summed E-state index contributed by atoms with van der Waals surface area (Å²) in [5, 5.41) is 10.0. The van der Waals surface area contributed by atoms with Crippen LogP contribution in [0.25, 0.3) is 0 Å². The van der Waals surface area contributed by atoms with Crippen LogP contribution in [0.1, 0.15) is 32.1 Å². The molecule has 1 aromatic carbocycles. The van der Waals surface area contributed by atoms with Gasteiger partial charge in [0.05, 0.1) is 12.0 Å². The lowest BCUT2D eigenvalue weighted by Crippen LogP contribution is -2.41. The summed E-state index contributed by atoms with van der Waals surface area (Å²) >= 11 is 0. The van der Waals surface area contributed by atoms with E-state index in [0.717, 1.165) is 30.6 Å². The summed E-state index contributed by atoms with van der Waals surface area (Å²) in [5.41, 5.74) is -0.538. The smallest absolute Gasteiger partial charge is 0.235 e. The number of para-hydroxylation sites is 1. The number of imide groups is 1. The van der Waals surface area contributed by atoms with Crippen LogP contribution in [0.3, 0.4) is 0 Å². The molecule has 1 aromatic rings. The van der Waals surface area contributed by atoms with Crippen LogP contribution in [0.15, 0.2) is 24.3 Å². The molecule has 0 radical (unpaired) electrons. The Balaban J connectivity index is 1.57. The van der Waals surface area contributed by atoms with E-state index in [-0.39, 0.29) is 37.1 Å². The van der Waals surface area contributed by atoms with Crippen molar-refractivity contribution in [3.8, 4) is 5.75 Å². The standard InChI is InChI=1S/C17H20FNO4/c18-13-5-1-2-6-14(13)23-11-12(20)10-19-15(21)9-17(16(19)22)7-3-4-8-17/h1-2,5-6,12,20H,3-4,7-11H2/t12-/m0/s1. The molecule has 0 aromatic heterocycles. The van der Waals surface area contributed by atoms with Gasteiger partial charge in [-0.3, -0.25) is 14.5 Å². The summed E-state index contributed by atoms with van der Waals surface area (Å²) in [6.07, 6.45) is 2.62. The van der Waals surface area contributed by atoms with E-state index in [1.54, 1.807) is 12.1 Å². The molecule has 124 valence electrons. The number of hydrogen-bond acceptors (Lipinski definition) is 4. The number of carbonyl (C=O) groups excluding carboxylic acids is 2. The predicted molar refractivity (Wildman–Crippen MR) is 80.1 cm³/mol. The van der Waals surface area contributed by atoms with E-state index in [9.17, 15) is 19.1 Å². The average molecular weight is 321 g/mol. The fourth-order valence-electron chi connectivity index (χ4n) is 3.50. The van der Waals surface area contributed by atoms with E-state index in [1.807, 2.05) is 0 Å². The largest absolute Gasteiger partial charge is 0.488 e. The maximum absolute atomic E-state index is 13.4. The number of hydrogen-bond donors (Lipinski definition) is 1. The summed E-state index contributed by atoms with van der Waals surface area (Å²) in [6.45, 7) is -0.279. The molecular weight excluding hydrogens is 301 g/mol. The van der Waals surface area contributed by atoms with Crippen molar-refractivity contribution >= 4 is 11.8 Å². The van der Waals surface area contributed by atoms with Crippen LogP contribution in [-0.4, -0.2) is 41.1 Å². The molecule has 1 N–H and O–H groups in total. The van der Waals surface area contributed by atoms with Gasteiger partial charge in [0.15, 0.2) is 11.6 Å². The molecule has 0 unspecified atom stereocenters. The minimum Gasteiger partial charge on any atom is -0.488 e. The van der Waals surface area contributed by atoms with Gasteiger partial charge < -0.3 is 9.84 Å². The lowest BCUT2D eigenvalue weighted by Gasteiger charge is -2.23. The summed E-state index contributed by atoms with van der Waals surface area (Å²) in [5.74, 6) is -0.886. The molecule has 1 heterocycles. The van der Waals surface area contributed by atoms with Crippen LogP contribution in [0.4, 0.5) is 4.39 Å². The Labute approximate surface area is 134 Å². The Morgan fingerprint density at radius 2 is 1.96 bits per heavy atom. The van der Waals surface area contributed by atoms with Gasteiger partial charge in [0.2, 0.25) is 11.8 Å². The Bertz CT molecular complexity index is 612. The average Bonchev–Trinajstić information content (AvgIpc) is 3.08. The number of rotatable bonds is 5. The molecule has 3 rings (SSSR count). The molecule has 2 amide bonds. The Kier molecular flexibility index (Phi) is 4.35. The van der Waals surface area contributed by atoms with Crippen molar-refractivity contribution in [2.45, 2.75) is 38.2 Å². The van der Waals surface area contributed by atoms with Crippen molar-refractivity contribution in [2.75, 3.05) is 13.2 Å². The first-order valence-electron chi connectivity index (χ1n) is 7.92. The first-order valence-corrected chi connectivity index (χ1v) is 7.92. The van der Waals surface area contributed by atoms with E-state index in [4.69, 9.17) is 4.74 Å². The normalized spacial score (nSPS) is 21.2. The second-order valence-electron chi connectivity index (χ2n) is 6.37. The first kappa shape index (κ1) is 15.9. The van der Waals surface area contributed by atoms with Crippen LogP contribution in [0.5, 0.6) is 5.75 Å². The van der Waals surface area contributed by atoms with Crippen molar-refractivity contribution in [1.82, 2.24) is 4.90 Å². The van der Waals surface area contributed by atoms with Gasteiger partial charge in [-0.1, -0.05) is 25.0 Å². The quantitative estimate of drug-likeness (QED) is 0.841. The zero-order chi connectivity index (χ0) is 16.4. The van der Waals surface area contributed by atoms with Crippen LogP contribution in [0, 0.1) is 11.2 Å². The third kappa shape index (κ3) is 3.08. The number of halogens is 1. The fourth-order valence-corrected chi connectivity index (χ4v) is 3.50. The zero-order valence-corrected chi connectivity index (χ0v) is 12.8. The van der Waals surface area contributed by atoms with Crippen molar-refractivity contribution in [2.24, 2.45) is 5.41 Å². The van der Waals surface area contributed by atoms with Gasteiger partial charge in [-0.2, -0.15) is 0 Å². The van der Waals surface area contributed by atoms with E-state index in [0.29, 0.717) is 0 Å². The molecule has 23 heavy (non-hydrogen) atoms. The number of carbonyl (C=O) groups is 2. The number of amides is 2. The van der Waals surface area contributed by atoms with E-state index in [2.05, 4.69) is 0 Å². The van der Waals surface area contributed by atoms with E-state index < -0.39 is 17.3 Å².